The molecule has 0 spiro atoms. The third-order valence-electron chi connectivity index (χ3n) is 3.86. The monoisotopic (exact) mass is 338 g/mol. The topological polar surface area (TPSA) is 82.2 Å². The second-order valence-corrected chi connectivity index (χ2v) is 5.65. The Morgan fingerprint density at radius 1 is 1.50 bits per heavy atom. The number of aryl methyl sites for hydroxylation is 2. The molecule has 0 aliphatic carbocycles. The number of halogens is 2. The molecule has 1 atom stereocenters. The number of hydrogen-bond donors (Lipinski definition) is 1. The molecule has 1 aromatic carbocycles. The van der Waals surface area contributed by atoms with Gasteiger partial charge in [-0.3, -0.25) is 10.1 Å². The van der Waals surface area contributed by atoms with E-state index in [9.17, 15) is 18.9 Å². The molecule has 0 radical (unpaired) electrons. The predicted molar refractivity (Wildman–Crippen MR) is 82.4 cm³/mol. The molecule has 0 saturated heterocycles. The van der Waals surface area contributed by atoms with E-state index >= 15 is 0 Å². The van der Waals surface area contributed by atoms with E-state index in [1.165, 1.54) is 12.1 Å². The van der Waals surface area contributed by atoms with Crippen LogP contribution in [0.4, 0.5) is 20.2 Å². The summed E-state index contributed by atoms with van der Waals surface area (Å²) in [5.74, 6) is 0.575. The average Bonchev–Trinajstić information content (AvgIpc) is 2.86. The molecule has 3 rings (SSSR count). The number of aromatic nitrogens is 2. The number of imidazole rings is 1. The smallest absolute Gasteiger partial charge is 0.387 e. The number of nitro groups is 1. The van der Waals surface area contributed by atoms with Gasteiger partial charge in [0.15, 0.2) is 0 Å². The van der Waals surface area contributed by atoms with Gasteiger partial charge in [0.05, 0.1) is 10.6 Å². The molecular formula is C15H16F2N4O3. The second-order valence-electron chi connectivity index (χ2n) is 5.65. The molecule has 2 heterocycles. The van der Waals surface area contributed by atoms with Crippen LogP contribution in [-0.4, -0.2) is 27.1 Å². The van der Waals surface area contributed by atoms with Crippen molar-refractivity contribution in [3.8, 4) is 5.75 Å². The minimum Gasteiger partial charge on any atom is -0.427 e. The number of alkyl halides is 2. The molecule has 1 aliphatic heterocycles. The van der Waals surface area contributed by atoms with E-state index < -0.39 is 23.0 Å². The predicted octanol–water partition coefficient (Wildman–Crippen LogP) is 3.13. The van der Waals surface area contributed by atoms with Gasteiger partial charge < -0.3 is 14.6 Å². The number of nitrogens with zero attached hydrogens (tertiary/aromatic N) is 3. The number of anilines is 1. The van der Waals surface area contributed by atoms with Crippen molar-refractivity contribution in [3.05, 3.63) is 46.0 Å². The largest absolute Gasteiger partial charge is 0.427 e. The lowest BCUT2D eigenvalue weighted by atomic mass is 10.1. The number of benzene rings is 1. The summed E-state index contributed by atoms with van der Waals surface area (Å²) in [6.07, 6.45) is 3.60. The molecule has 1 unspecified atom stereocenters. The van der Waals surface area contributed by atoms with Crippen molar-refractivity contribution >= 4 is 11.4 Å². The van der Waals surface area contributed by atoms with Crippen LogP contribution in [0.1, 0.15) is 17.9 Å². The Morgan fingerprint density at radius 3 is 3.00 bits per heavy atom. The summed E-state index contributed by atoms with van der Waals surface area (Å²) in [5.41, 5.74) is 0.965. The quantitative estimate of drug-likeness (QED) is 0.669. The van der Waals surface area contributed by atoms with E-state index in [0.717, 1.165) is 30.4 Å². The van der Waals surface area contributed by atoms with Crippen LogP contribution >= 0.6 is 0 Å². The van der Waals surface area contributed by atoms with Crippen LogP contribution in [0.15, 0.2) is 24.4 Å². The normalized spacial score (nSPS) is 16.8. The van der Waals surface area contributed by atoms with Gasteiger partial charge in [0, 0.05) is 43.0 Å². The van der Waals surface area contributed by atoms with E-state index in [4.69, 9.17) is 0 Å². The van der Waals surface area contributed by atoms with Crippen molar-refractivity contribution < 1.29 is 18.4 Å². The first-order chi connectivity index (χ1) is 11.4. The molecule has 9 heteroatoms. The van der Waals surface area contributed by atoms with Crippen LogP contribution in [0.2, 0.25) is 0 Å². The summed E-state index contributed by atoms with van der Waals surface area (Å²) >= 11 is 0. The lowest BCUT2D eigenvalue weighted by molar-refractivity contribution is -0.386. The van der Waals surface area contributed by atoms with Crippen LogP contribution in [0.25, 0.3) is 0 Å². The number of hydrogen-bond acceptors (Lipinski definition) is 5. The summed E-state index contributed by atoms with van der Waals surface area (Å²) in [7, 11) is 0. The first kappa shape index (κ1) is 16.2. The highest BCUT2D eigenvalue weighted by Gasteiger charge is 2.22. The van der Waals surface area contributed by atoms with Crippen LogP contribution in [0, 0.1) is 17.0 Å². The second kappa shape index (κ2) is 6.42. The Hall–Kier alpha value is -2.71. The zero-order valence-electron chi connectivity index (χ0n) is 12.9. The summed E-state index contributed by atoms with van der Waals surface area (Å²) in [6.45, 7) is -0.499. The summed E-state index contributed by atoms with van der Waals surface area (Å²) in [6, 6.07) is 3.96. The van der Waals surface area contributed by atoms with Gasteiger partial charge in [-0.2, -0.15) is 8.78 Å². The molecule has 1 aliphatic rings. The van der Waals surface area contributed by atoms with Crippen molar-refractivity contribution in [2.75, 3.05) is 5.32 Å². The molecule has 0 fully saturated rings. The summed E-state index contributed by atoms with van der Waals surface area (Å²) in [4.78, 5) is 14.6. The molecular weight excluding hydrogens is 322 g/mol. The lowest BCUT2D eigenvalue weighted by Gasteiger charge is -2.25. The van der Waals surface area contributed by atoms with Crippen molar-refractivity contribution in [2.45, 2.75) is 39.0 Å². The van der Waals surface area contributed by atoms with E-state index in [-0.39, 0.29) is 6.04 Å². The number of nitro benzene ring substituents is 1. The fourth-order valence-corrected chi connectivity index (χ4v) is 2.88. The van der Waals surface area contributed by atoms with E-state index in [1.54, 1.807) is 0 Å². The molecule has 2 aromatic rings. The zero-order valence-corrected chi connectivity index (χ0v) is 12.9. The Balaban J connectivity index is 1.77. The molecule has 1 N–H and O–H groups in total. The Bertz CT molecular complexity index is 763. The molecule has 0 saturated carbocycles. The Kier molecular flexibility index (Phi) is 4.32. The van der Waals surface area contributed by atoms with Crippen LogP contribution in [0.5, 0.6) is 5.75 Å². The van der Waals surface area contributed by atoms with Gasteiger partial charge in [-0.1, -0.05) is 0 Å². The van der Waals surface area contributed by atoms with Crippen LogP contribution < -0.4 is 10.1 Å². The van der Waals surface area contributed by atoms with Gasteiger partial charge in [-0.25, -0.2) is 4.98 Å². The highest BCUT2D eigenvalue weighted by atomic mass is 19.3. The maximum atomic E-state index is 12.4. The van der Waals surface area contributed by atoms with Crippen molar-refractivity contribution in [1.82, 2.24) is 9.55 Å². The third kappa shape index (κ3) is 3.44. The number of nitrogens with one attached hydrogen (secondary N) is 1. The van der Waals surface area contributed by atoms with Gasteiger partial charge >= 0.3 is 12.3 Å². The van der Waals surface area contributed by atoms with Gasteiger partial charge in [0.1, 0.15) is 5.82 Å². The Morgan fingerprint density at radius 2 is 2.29 bits per heavy atom. The standard InChI is InChI=1S/C15H16F2N4O3/c1-9-7-20-8-11(3-5-14(20)18-9)19-10-2-4-12(21(22)23)13(6-10)24-15(16)17/h2,4,6-7,11,15,19H,3,5,8H2,1H3. The molecule has 128 valence electrons. The van der Waals surface area contributed by atoms with E-state index in [1.807, 2.05) is 13.1 Å². The Labute approximate surface area is 136 Å². The first-order valence-corrected chi connectivity index (χ1v) is 7.45. The maximum Gasteiger partial charge on any atom is 0.387 e. The highest BCUT2D eigenvalue weighted by molar-refractivity contribution is 5.58. The molecule has 7 nitrogen and oxygen atoms in total. The fraction of sp³-hybridized carbons (Fsp3) is 0.400. The van der Waals surface area contributed by atoms with Gasteiger partial charge in [-0.05, 0) is 19.4 Å². The van der Waals surface area contributed by atoms with E-state index in [2.05, 4.69) is 19.6 Å². The minimum absolute atomic E-state index is 0.0759. The van der Waals surface area contributed by atoms with Crippen LogP contribution in [-0.2, 0) is 13.0 Å². The highest BCUT2D eigenvalue weighted by Crippen LogP contribution is 2.32. The number of rotatable bonds is 5. The summed E-state index contributed by atoms with van der Waals surface area (Å²) in [5, 5.41) is 14.1. The first-order valence-electron chi connectivity index (χ1n) is 7.45. The number of fused-ring (bicyclic) bond motifs is 1. The molecule has 0 bridgehead atoms. The SMILES string of the molecule is Cc1cn2c(n1)CCC(Nc1ccc([N+](=O)[O-])c(OC(F)F)c1)C2. The van der Waals surface area contributed by atoms with Gasteiger partial charge in [0.2, 0.25) is 5.75 Å². The fourth-order valence-electron chi connectivity index (χ4n) is 2.88. The third-order valence-corrected chi connectivity index (χ3v) is 3.86. The van der Waals surface area contributed by atoms with Crippen molar-refractivity contribution in [2.24, 2.45) is 0 Å². The van der Waals surface area contributed by atoms with Gasteiger partial charge in [0.25, 0.3) is 0 Å². The molecule has 0 amide bonds. The van der Waals surface area contributed by atoms with Crippen LogP contribution in [0.3, 0.4) is 0 Å². The number of ether oxygens (including phenoxy) is 1. The molecule has 1 aromatic heterocycles. The van der Waals surface area contributed by atoms with Gasteiger partial charge in [-0.15, -0.1) is 0 Å². The van der Waals surface area contributed by atoms with Crippen molar-refractivity contribution in [3.63, 3.8) is 0 Å². The maximum absolute atomic E-state index is 12.4. The zero-order chi connectivity index (χ0) is 17.3. The summed E-state index contributed by atoms with van der Waals surface area (Å²) < 4.78 is 31.2. The molecule has 24 heavy (non-hydrogen) atoms. The minimum atomic E-state index is -3.12. The lowest BCUT2D eigenvalue weighted by Crippen LogP contribution is -2.31. The van der Waals surface area contributed by atoms with Crippen molar-refractivity contribution in [1.29, 1.82) is 0 Å². The average molecular weight is 338 g/mol. The van der Waals surface area contributed by atoms with E-state index in [0.29, 0.717) is 12.2 Å².